The number of amides is 1. The molecule has 0 aliphatic rings. The van der Waals surface area contributed by atoms with Gasteiger partial charge in [0.25, 0.3) is 5.22 Å². The number of carbonyl (C=O) groups is 1. The number of thioether (sulfide) groups is 1. The third-order valence-corrected chi connectivity index (χ3v) is 4.34. The number of oxazole rings is 1. The number of benzene rings is 2. The first kappa shape index (κ1) is 16.9. The zero-order valence-electron chi connectivity index (χ0n) is 12.3. The van der Waals surface area contributed by atoms with E-state index in [1.54, 1.807) is 42.6 Å². The fourth-order valence-electron chi connectivity index (χ4n) is 1.99. The van der Waals surface area contributed by atoms with Crippen molar-refractivity contribution in [3.63, 3.8) is 0 Å². The predicted molar refractivity (Wildman–Crippen MR) is 97.8 cm³/mol. The van der Waals surface area contributed by atoms with Crippen LogP contribution >= 0.6 is 35.0 Å². The number of hydrogen-bond donors (Lipinski definition) is 1. The summed E-state index contributed by atoms with van der Waals surface area (Å²) >= 11 is 13.1. The van der Waals surface area contributed by atoms with E-state index in [1.165, 1.54) is 11.8 Å². The Morgan fingerprint density at radius 3 is 2.62 bits per heavy atom. The molecule has 0 fully saturated rings. The molecule has 1 N–H and O–H groups in total. The van der Waals surface area contributed by atoms with Crippen molar-refractivity contribution in [3.05, 3.63) is 64.8 Å². The van der Waals surface area contributed by atoms with Crippen molar-refractivity contribution < 1.29 is 9.21 Å². The van der Waals surface area contributed by atoms with Crippen molar-refractivity contribution in [2.75, 3.05) is 11.1 Å². The number of halogens is 2. The zero-order chi connectivity index (χ0) is 16.9. The van der Waals surface area contributed by atoms with E-state index in [2.05, 4.69) is 10.3 Å². The van der Waals surface area contributed by atoms with Crippen LogP contribution in [0.5, 0.6) is 0 Å². The second-order valence-corrected chi connectivity index (χ2v) is 6.65. The van der Waals surface area contributed by atoms with Crippen LogP contribution in [0.3, 0.4) is 0 Å². The summed E-state index contributed by atoms with van der Waals surface area (Å²) in [6.07, 6.45) is 1.61. The fourth-order valence-corrected chi connectivity index (χ4v) is 2.97. The molecule has 0 unspecified atom stereocenters. The summed E-state index contributed by atoms with van der Waals surface area (Å²) in [5.41, 5.74) is 1.49. The van der Waals surface area contributed by atoms with Crippen LogP contribution in [-0.4, -0.2) is 16.6 Å². The van der Waals surface area contributed by atoms with E-state index in [4.69, 9.17) is 27.6 Å². The first-order valence-corrected chi connectivity index (χ1v) is 8.74. The number of nitrogens with one attached hydrogen (secondary N) is 1. The maximum absolute atomic E-state index is 12.0. The fraction of sp³-hybridized carbons (Fsp3) is 0.0588. The second-order valence-electron chi connectivity index (χ2n) is 4.85. The lowest BCUT2D eigenvalue weighted by Crippen LogP contribution is -2.13. The van der Waals surface area contributed by atoms with Gasteiger partial charge in [-0.1, -0.05) is 53.2 Å². The summed E-state index contributed by atoms with van der Waals surface area (Å²) in [5.74, 6) is 0.627. The molecule has 3 rings (SSSR count). The van der Waals surface area contributed by atoms with E-state index >= 15 is 0 Å². The predicted octanol–water partition coefficient (Wildman–Crippen LogP) is 5.38. The summed E-state index contributed by atoms with van der Waals surface area (Å²) in [6, 6.07) is 14.3. The Balaban J connectivity index is 1.58. The quantitative estimate of drug-likeness (QED) is 0.605. The normalized spacial score (nSPS) is 10.6. The second kappa shape index (κ2) is 7.75. The molecule has 0 saturated heterocycles. The summed E-state index contributed by atoms with van der Waals surface area (Å²) in [7, 11) is 0. The Morgan fingerprint density at radius 1 is 1.12 bits per heavy atom. The minimum absolute atomic E-state index is 0.162. The van der Waals surface area contributed by atoms with E-state index in [0.717, 1.165) is 5.56 Å². The Morgan fingerprint density at radius 2 is 1.88 bits per heavy atom. The van der Waals surface area contributed by atoms with Crippen LogP contribution in [0.15, 0.2) is 64.4 Å². The highest BCUT2D eigenvalue weighted by molar-refractivity contribution is 7.99. The van der Waals surface area contributed by atoms with Gasteiger partial charge in [0.2, 0.25) is 5.91 Å². The molecule has 2 aromatic carbocycles. The number of anilines is 1. The smallest absolute Gasteiger partial charge is 0.256 e. The minimum atomic E-state index is -0.162. The van der Waals surface area contributed by atoms with E-state index < -0.39 is 0 Å². The molecule has 0 bridgehead atoms. The Labute approximate surface area is 153 Å². The lowest BCUT2D eigenvalue weighted by atomic mass is 10.2. The van der Waals surface area contributed by atoms with Gasteiger partial charge in [-0.25, -0.2) is 4.98 Å². The molecule has 24 heavy (non-hydrogen) atoms. The van der Waals surface area contributed by atoms with Crippen molar-refractivity contribution in [3.8, 4) is 11.3 Å². The van der Waals surface area contributed by atoms with Gasteiger partial charge in [-0.15, -0.1) is 0 Å². The van der Waals surface area contributed by atoms with E-state index in [9.17, 15) is 4.79 Å². The number of carbonyl (C=O) groups excluding carboxylic acids is 1. The van der Waals surface area contributed by atoms with Gasteiger partial charge in [0.1, 0.15) is 0 Å². The molecule has 1 aromatic heterocycles. The standard InChI is InChI=1S/C17H12Cl2N2O2S/c18-12-4-1-3-11(7-12)15-9-20-17(23-15)24-10-16(22)21-14-6-2-5-13(19)8-14/h1-9H,10H2,(H,21,22). The van der Waals surface area contributed by atoms with Crippen LogP contribution in [0.4, 0.5) is 5.69 Å². The Bertz CT molecular complexity index is 867. The summed E-state index contributed by atoms with van der Waals surface area (Å²) in [6.45, 7) is 0. The van der Waals surface area contributed by atoms with Crippen LogP contribution in [-0.2, 0) is 4.79 Å². The molecule has 0 aliphatic heterocycles. The van der Waals surface area contributed by atoms with Gasteiger partial charge in [-0.3, -0.25) is 4.79 Å². The maximum Gasteiger partial charge on any atom is 0.256 e. The molecular weight excluding hydrogens is 367 g/mol. The molecule has 0 saturated carbocycles. The van der Waals surface area contributed by atoms with Gasteiger partial charge in [0, 0.05) is 21.3 Å². The third-order valence-electron chi connectivity index (χ3n) is 3.03. The Hall–Kier alpha value is -1.95. The maximum atomic E-state index is 12.0. The molecule has 0 radical (unpaired) electrons. The van der Waals surface area contributed by atoms with Gasteiger partial charge in [0.15, 0.2) is 5.76 Å². The van der Waals surface area contributed by atoms with Gasteiger partial charge in [0.05, 0.1) is 11.9 Å². The summed E-state index contributed by atoms with van der Waals surface area (Å²) < 4.78 is 5.64. The minimum Gasteiger partial charge on any atom is -0.431 e. The Kier molecular flexibility index (Phi) is 5.45. The lowest BCUT2D eigenvalue weighted by Gasteiger charge is -2.04. The molecule has 0 spiro atoms. The first-order valence-electron chi connectivity index (χ1n) is 7.00. The first-order chi connectivity index (χ1) is 11.6. The van der Waals surface area contributed by atoms with Gasteiger partial charge < -0.3 is 9.73 Å². The lowest BCUT2D eigenvalue weighted by molar-refractivity contribution is -0.113. The van der Waals surface area contributed by atoms with Crippen LogP contribution in [0.1, 0.15) is 0 Å². The number of aromatic nitrogens is 1. The number of nitrogens with zero attached hydrogens (tertiary/aromatic N) is 1. The van der Waals surface area contributed by atoms with Crippen molar-refractivity contribution in [1.82, 2.24) is 4.98 Å². The van der Waals surface area contributed by atoms with E-state index in [-0.39, 0.29) is 11.7 Å². The third kappa shape index (κ3) is 4.54. The highest BCUT2D eigenvalue weighted by Gasteiger charge is 2.10. The SMILES string of the molecule is O=C(CSc1ncc(-c2cccc(Cl)c2)o1)Nc1cccc(Cl)c1. The van der Waals surface area contributed by atoms with Crippen LogP contribution in [0, 0.1) is 0 Å². The van der Waals surface area contributed by atoms with Crippen LogP contribution < -0.4 is 5.32 Å². The molecule has 0 aliphatic carbocycles. The molecule has 1 amide bonds. The average molecular weight is 379 g/mol. The average Bonchev–Trinajstić information content (AvgIpc) is 3.02. The van der Waals surface area contributed by atoms with Crippen LogP contribution in [0.2, 0.25) is 10.0 Å². The van der Waals surface area contributed by atoms with Crippen molar-refractivity contribution in [2.45, 2.75) is 5.22 Å². The highest BCUT2D eigenvalue weighted by Crippen LogP contribution is 2.27. The summed E-state index contributed by atoms with van der Waals surface area (Å²) in [5, 5.41) is 4.38. The van der Waals surface area contributed by atoms with Gasteiger partial charge in [-0.05, 0) is 30.3 Å². The molecule has 1 heterocycles. The van der Waals surface area contributed by atoms with Crippen LogP contribution in [0.25, 0.3) is 11.3 Å². The molecule has 0 atom stereocenters. The highest BCUT2D eigenvalue weighted by atomic mass is 35.5. The van der Waals surface area contributed by atoms with Crippen molar-refractivity contribution >= 4 is 46.6 Å². The molecule has 122 valence electrons. The topological polar surface area (TPSA) is 55.1 Å². The van der Waals surface area contributed by atoms with Gasteiger partial charge in [-0.2, -0.15) is 0 Å². The molecule has 4 nitrogen and oxygen atoms in total. The molecule has 7 heteroatoms. The molecular formula is C17H12Cl2N2O2S. The van der Waals surface area contributed by atoms with Crippen molar-refractivity contribution in [2.24, 2.45) is 0 Å². The number of hydrogen-bond acceptors (Lipinski definition) is 4. The number of rotatable bonds is 5. The largest absolute Gasteiger partial charge is 0.431 e. The van der Waals surface area contributed by atoms with E-state index in [0.29, 0.717) is 26.7 Å². The zero-order valence-corrected chi connectivity index (χ0v) is 14.7. The monoisotopic (exact) mass is 378 g/mol. The molecule has 3 aromatic rings. The van der Waals surface area contributed by atoms with Gasteiger partial charge >= 0.3 is 0 Å². The van der Waals surface area contributed by atoms with E-state index in [1.807, 2.05) is 12.1 Å². The van der Waals surface area contributed by atoms with Crippen molar-refractivity contribution in [1.29, 1.82) is 0 Å². The summed E-state index contributed by atoms with van der Waals surface area (Å²) in [4.78, 5) is 16.1.